The maximum atomic E-state index is 12.6. The summed E-state index contributed by atoms with van der Waals surface area (Å²) in [6.45, 7) is 4.09. The van der Waals surface area contributed by atoms with Gasteiger partial charge in [0, 0.05) is 36.1 Å². The van der Waals surface area contributed by atoms with E-state index in [0.717, 1.165) is 50.4 Å². The number of hydrogen-bond donors (Lipinski definition) is 1. The van der Waals surface area contributed by atoms with Gasteiger partial charge in [0.25, 0.3) is 0 Å². The molecule has 0 aliphatic carbocycles. The minimum atomic E-state index is -0.0921. The Bertz CT molecular complexity index is 1590. The lowest BCUT2D eigenvalue weighted by atomic mass is 9.97. The molecule has 1 atom stereocenters. The highest BCUT2D eigenvalue weighted by atomic mass is 32.2. The van der Waals surface area contributed by atoms with Gasteiger partial charge in [0.2, 0.25) is 5.91 Å². The molecule has 1 unspecified atom stereocenters. The van der Waals surface area contributed by atoms with Crippen LogP contribution in [0.25, 0.3) is 28.0 Å². The molecule has 1 aliphatic heterocycles. The largest absolute Gasteiger partial charge is 0.310 e. The number of aromatic nitrogens is 6. The van der Waals surface area contributed by atoms with Gasteiger partial charge in [-0.3, -0.25) is 19.4 Å². The van der Waals surface area contributed by atoms with Crippen LogP contribution in [0.5, 0.6) is 0 Å². The van der Waals surface area contributed by atoms with Crippen LogP contribution in [0.3, 0.4) is 0 Å². The molecule has 0 spiro atoms. The van der Waals surface area contributed by atoms with Crippen molar-refractivity contribution >= 4 is 34.4 Å². The molecule has 1 amide bonds. The van der Waals surface area contributed by atoms with Crippen molar-refractivity contribution in [3.63, 3.8) is 0 Å². The Kier molecular flexibility index (Phi) is 5.14. The first kappa shape index (κ1) is 21.5. The van der Waals surface area contributed by atoms with Crippen LogP contribution in [0.2, 0.25) is 0 Å². The van der Waals surface area contributed by atoms with Gasteiger partial charge in [-0.25, -0.2) is 4.68 Å². The summed E-state index contributed by atoms with van der Waals surface area (Å²) in [5.41, 5.74) is 7.75. The Morgan fingerprint density at radius 3 is 2.77 bits per heavy atom. The summed E-state index contributed by atoms with van der Waals surface area (Å²) in [6.07, 6.45) is 5.46. The molecule has 35 heavy (non-hydrogen) atoms. The van der Waals surface area contributed by atoms with Crippen molar-refractivity contribution in [2.24, 2.45) is 7.05 Å². The average molecular weight is 482 g/mol. The van der Waals surface area contributed by atoms with Gasteiger partial charge in [0.1, 0.15) is 11.5 Å². The number of aryl methyl sites for hydroxylation is 3. The summed E-state index contributed by atoms with van der Waals surface area (Å²) in [6, 6.07) is 14.1. The molecule has 0 bridgehead atoms. The highest BCUT2D eigenvalue weighted by Crippen LogP contribution is 2.47. The molecule has 1 N–H and O–H groups in total. The van der Waals surface area contributed by atoms with Crippen molar-refractivity contribution in [1.82, 2.24) is 29.5 Å². The van der Waals surface area contributed by atoms with E-state index < -0.39 is 0 Å². The summed E-state index contributed by atoms with van der Waals surface area (Å²) < 4.78 is 3.69. The van der Waals surface area contributed by atoms with Gasteiger partial charge in [0.15, 0.2) is 0 Å². The highest BCUT2D eigenvalue weighted by molar-refractivity contribution is 8.00. The number of fused-ring (bicyclic) bond motifs is 2. The fraction of sp³-hybridized carbons (Fsp3) is 0.192. The van der Waals surface area contributed by atoms with E-state index >= 15 is 0 Å². The van der Waals surface area contributed by atoms with Gasteiger partial charge in [-0.2, -0.15) is 10.2 Å². The summed E-state index contributed by atoms with van der Waals surface area (Å²) >= 11 is 1.61. The molecule has 1 aromatic carbocycles. The van der Waals surface area contributed by atoms with Crippen LogP contribution >= 0.6 is 11.8 Å². The molecule has 1 aliphatic rings. The van der Waals surface area contributed by atoms with Crippen LogP contribution in [0.4, 0.5) is 5.82 Å². The number of nitrogens with zero attached hydrogens (tertiary/aromatic N) is 6. The zero-order valence-electron chi connectivity index (χ0n) is 19.6. The van der Waals surface area contributed by atoms with Crippen LogP contribution in [-0.2, 0) is 11.8 Å². The van der Waals surface area contributed by atoms with E-state index in [0.29, 0.717) is 11.6 Å². The molecule has 8 nitrogen and oxygen atoms in total. The van der Waals surface area contributed by atoms with E-state index in [4.69, 9.17) is 5.10 Å². The van der Waals surface area contributed by atoms with Crippen LogP contribution < -0.4 is 5.32 Å². The predicted molar refractivity (Wildman–Crippen MR) is 138 cm³/mol. The molecular weight excluding hydrogens is 458 g/mol. The number of anilines is 1. The number of pyridine rings is 2. The molecule has 0 saturated heterocycles. The first-order chi connectivity index (χ1) is 17.0. The number of rotatable bonds is 3. The van der Waals surface area contributed by atoms with Crippen LogP contribution in [0, 0.1) is 13.8 Å². The molecule has 174 valence electrons. The van der Waals surface area contributed by atoms with Gasteiger partial charge in [-0.1, -0.05) is 6.07 Å². The lowest BCUT2D eigenvalue weighted by molar-refractivity contribution is -0.113. The summed E-state index contributed by atoms with van der Waals surface area (Å²) in [4.78, 5) is 21.5. The number of nitrogens with one attached hydrogen (secondary N) is 1. The number of carbonyl (C=O) groups is 1. The third-order valence-corrected chi connectivity index (χ3v) is 7.51. The maximum absolute atomic E-state index is 12.6. The summed E-state index contributed by atoms with van der Waals surface area (Å²) in [5, 5.41) is 13.4. The molecule has 9 heteroatoms. The third kappa shape index (κ3) is 3.68. The molecule has 0 radical (unpaired) electrons. The second kappa shape index (κ2) is 8.35. The smallest absolute Gasteiger partial charge is 0.235 e. The van der Waals surface area contributed by atoms with E-state index in [2.05, 4.69) is 39.4 Å². The Hall–Kier alpha value is -3.98. The van der Waals surface area contributed by atoms with E-state index in [1.54, 1.807) is 28.8 Å². The van der Waals surface area contributed by atoms with E-state index in [1.165, 1.54) is 0 Å². The van der Waals surface area contributed by atoms with Crippen molar-refractivity contribution in [2.45, 2.75) is 19.1 Å². The maximum Gasteiger partial charge on any atom is 0.235 e. The molecule has 6 rings (SSSR count). The van der Waals surface area contributed by atoms with Crippen LogP contribution in [-0.4, -0.2) is 41.2 Å². The minimum Gasteiger partial charge on any atom is -0.310 e. The molecule has 5 heterocycles. The quantitative estimate of drug-likeness (QED) is 0.405. The monoisotopic (exact) mass is 481 g/mol. The average Bonchev–Trinajstić information content (AvgIpc) is 3.35. The molecule has 0 saturated carbocycles. The lowest BCUT2D eigenvalue weighted by Gasteiger charge is -2.19. The van der Waals surface area contributed by atoms with Gasteiger partial charge in [-0.05, 0) is 61.4 Å². The van der Waals surface area contributed by atoms with Gasteiger partial charge in [0.05, 0.1) is 34.1 Å². The fourth-order valence-electron chi connectivity index (χ4n) is 4.63. The normalized spacial score (nSPS) is 15.6. The van der Waals surface area contributed by atoms with Gasteiger partial charge >= 0.3 is 0 Å². The van der Waals surface area contributed by atoms with Crippen molar-refractivity contribution in [3.05, 3.63) is 83.4 Å². The number of benzene rings is 1. The van der Waals surface area contributed by atoms with Crippen molar-refractivity contribution < 1.29 is 4.79 Å². The van der Waals surface area contributed by atoms with Crippen molar-refractivity contribution in [3.8, 4) is 17.1 Å². The van der Waals surface area contributed by atoms with Gasteiger partial charge in [-0.15, -0.1) is 11.8 Å². The zero-order valence-corrected chi connectivity index (χ0v) is 20.4. The summed E-state index contributed by atoms with van der Waals surface area (Å²) in [7, 11) is 1.86. The second-order valence-electron chi connectivity index (χ2n) is 8.67. The zero-order chi connectivity index (χ0) is 24.1. The lowest BCUT2D eigenvalue weighted by Crippen LogP contribution is -2.15. The molecular formula is C26H23N7OS. The topological polar surface area (TPSA) is 90.5 Å². The number of hydrogen-bond acceptors (Lipinski definition) is 6. The Balaban J connectivity index is 1.53. The minimum absolute atomic E-state index is 0.0334. The fourth-order valence-corrected chi connectivity index (χ4v) is 5.84. The number of amides is 1. The van der Waals surface area contributed by atoms with E-state index in [9.17, 15) is 4.79 Å². The molecule has 4 aromatic heterocycles. The highest BCUT2D eigenvalue weighted by Gasteiger charge is 2.32. The SMILES string of the molecule is Cc1cc(-n2ncc3cc(C4SCC(=O)Nc5c4c(-c4ccccn4)nn5C)c(C)cc32)ccn1. The van der Waals surface area contributed by atoms with Crippen molar-refractivity contribution in [2.75, 3.05) is 11.1 Å². The first-order valence-corrected chi connectivity index (χ1v) is 12.4. The summed E-state index contributed by atoms with van der Waals surface area (Å²) in [5.74, 6) is 1.04. The molecule has 5 aromatic rings. The Morgan fingerprint density at radius 2 is 1.97 bits per heavy atom. The van der Waals surface area contributed by atoms with E-state index in [-0.39, 0.29) is 11.2 Å². The standard InChI is InChI=1S/C26H23N7OS/c1-15-10-21-17(13-29-33(21)18-7-9-27-16(2)11-18)12-19(15)25-23-24(20-6-4-5-8-28-20)31-32(3)26(23)30-22(34)14-35-25/h4-13,25H,14H2,1-3H3,(H,30,34). The van der Waals surface area contributed by atoms with Crippen LogP contribution in [0.15, 0.2) is 61.1 Å². The third-order valence-electron chi connectivity index (χ3n) is 6.26. The number of thioether (sulfide) groups is 1. The van der Waals surface area contributed by atoms with Gasteiger partial charge < -0.3 is 5.32 Å². The predicted octanol–water partition coefficient (Wildman–Crippen LogP) is 4.61. The number of carbonyl (C=O) groups excluding carboxylic acids is 1. The Morgan fingerprint density at radius 1 is 1.09 bits per heavy atom. The van der Waals surface area contributed by atoms with Crippen LogP contribution in [0.1, 0.15) is 27.6 Å². The Labute approximate surface area is 206 Å². The first-order valence-electron chi connectivity index (χ1n) is 11.3. The molecule has 0 fully saturated rings. The van der Waals surface area contributed by atoms with E-state index in [1.807, 2.05) is 55.2 Å². The van der Waals surface area contributed by atoms with Crippen molar-refractivity contribution in [1.29, 1.82) is 0 Å². The second-order valence-corrected chi connectivity index (χ2v) is 9.76.